The van der Waals surface area contributed by atoms with Gasteiger partial charge in [0.2, 0.25) is 0 Å². The average molecular weight is 421 g/mol. The first-order valence-corrected chi connectivity index (χ1v) is 13.2. The molecule has 0 N–H and O–H groups in total. The highest BCUT2D eigenvalue weighted by molar-refractivity contribution is 5.29. The van der Waals surface area contributed by atoms with Gasteiger partial charge in [-0.2, -0.15) is 0 Å². The monoisotopic (exact) mass is 420 g/mol. The van der Waals surface area contributed by atoms with Crippen LogP contribution in [0.4, 0.5) is 0 Å². The lowest BCUT2D eigenvalue weighted by molar-refractivity contribution is 0.536. The summed E-state index contributed by atoms with van der Waals surface area (Å²) in [4.78, 5) is 0. The minimum atomic E-state index is 1.26. The second-order valence-corrected chi connectivity index (χ2v) is 10.1. The van der Waals surface area contributed by atoms with Crippen LogP contribution in [0, 0.1) is 27.7 Å². The highest BCUT2D eigenvalue weighted by atomic mass is 14.0. The van der Waals surface area contributed by atoms with E-state index in [1.54, 1.807) is 0 Å². The van der Waals surface area contributed by atoms with Crippen molar-refractivity contribution in [3.05, 3.63) is 69.8 Å². The summed E-state index contributed by atoms with van der Waals surface area (Å²) in [5.41, 5.74) is 8.70. The number of aryl methyl sites for hydroxylation is 6. The van der Waals surface area contributed by atoms with Crippen molar-refractivity contribution in [3.8, 4) is 0 Å². The van der Waals surface area contributed by atoms with Gasteiger partial charge in [-0.1, -0.05) is 129 Å². The quantitative estimate of drug-likeness (QED) is 0.237. The fourth-order valence-electron chi connectivity index (χ4n) is 5.03. The third-order valence-electron chi connectivity index (χ3n) is 6.49. The Balaban J connectivity index is 1.33. The zero-order chi connectivity index (χ0) is 22.3. The predicted octanol–water partition coefficient (Wildman–Crippen LogP) is 9.78. The molecule has 0 bridgehead atoms. The predicted molar refractivity (Wildman–Crippen MR) is 139 cm³/mol. The van der Waals surface area contributed by atoms with E-state index in [2.05, 4.69) is 64.1 Å². The standard InChI is InChI=1S/C31H48/c1-26-20-27(2)23-30(22-26)18-16-14-12-10-8-6-5-7-9-11-13-15-17-19-31-24-28(3)21-29(4)25-31/h20-25H,5-19H2,1-4H3. The highest BCUT2D eigenvalue weighted by Crippen LogP contribution is 2.16. The average Bonchev–Trinajstić information content (AvgIpc) is 2.69. The van der Waals surface area contributed by atoms with Gasteiger partial charge in [0.05, 0.1) is 0 Å². The zero-order valence-corrected chi connectivity index (χ0v) is 21.1. The molecule has 0 fully saturated rings. The van der Waals surface area contributed by atoms with Gasteiger partial charge in [-0.05, 0) is 64.5 Å². The topological polar surface area (TPSA) is 0 Å². The van der Waals surface area contributed by atoms with Gasteiger partial charge in [-0.3, -0.25) is 0 Å². The number of hydrogen-bond acceptors (Lipinski definition) is 0. The van der Waals surface area contributed by atoms with Crippen molar-refractivity contribution in [1.82, 2.24) is 0 Å². The zero-order valence-electron chi connectivity index (χ0n) is 21.1. The molecule has 31 heavy (non-hydrogen) atoms. The van der Waals surface area contributed by atoms with Crippen molar-refractivity contribution >= 4 is 0 Å². The van der Waals surface area contributed by atoms with Gasteiger partial charge in [0.15, 0.2) is 0 Å². The number of hydrogen-bond donors (Lipinski definition) is 0. The molecule has 0 aromatic heterocycles. The molecule has 0 radical (unpaired) electrons. The number of rotatable bonds is 16. The summed E-state index contributed by atoms with van der Waals surface area (Å²) >= 11 is 0. The summed E-state index contributed by atoms with van der Waals surface area (Å²) in [6.07, 6.45) is 21.0. The van der Waals surface area contributed by atoms with Crippen molar-refractivity contribution in [3.63, 3.8) is 0 Å². The Bertz CT molecular complexity index is 636. The first-order valence-electron chi connectivity index (χ1n) is 13.2. The molecule has 2 aromatic carbocycles. The maximum atomic E-state index is 2.36. The Morgan fingerprint density at radius 3 is 0.806 bits per heavy atom. The maximum Gasteiger partial charge on any atom is -0.0279 e. The van der Waals surface area contributed by atoms with Gasteiger partial charge < -0.3 is 0 Å². The SMILES string of the molecule is Cc1cc(C)cc(CCCCCCCCCCCCCCCc2cc(C)cc(C)c2)c1. The minimum Gasteiger partial charge on any atom is -0.0564 e. The van der Waals surface area contributed by atoms with Gasteiger partial charge in [0.1, 0.15) is 0 Å². The van der Waals surface area contributed by atoms with E-state index in [4.69, 9.17) is 0 Å². The molecule has 0 aliphatic carbocycles. The molecule has 0 spiro atoms. The summed E-state index contributed by atoms with van der Waals surface area (Å²) < 4.78 is 0. The van der Waals surface area contributed by atoms with Crippen LogP contribution >= 0.6 is 0 Å². The molecule has 0 saturated carbocycles. The summed E-state index contributed by atoms with van der Waals surface area (Å²) in [5.74, 6) is 0. The minimum absolute atomic E-state index is 1.26. The molecular weight excluding hydrogens is 372 g/mol. The molecule has 0 heteroatoms. The van der Waals surface area contributed by atoms with Gasteiger partial charge >= 0.3 is 0 Å². The molecule has 0 atom stereocenters. The van der Waals surface area contributed by atoms with Crippen LogP contribution in [-0.4, -0.2) is 0 Å². The van der Waals surface area contributed by atoms with Crippen LogP contribution in [0.5, 0.6) is 0 Å². The summed E-state index contributed by atoms with van der Waals surface area (Å²) in [6, 6.07) is 14.0. The van der Waals surface area contributed by atoms with Crippen molar-refractivity contribution in [2.75, 3.05) is 0 Å². The molecule has 0 nitrogen and oxygen atoms in total. The molecule has 0 heterocycles. The molecule has 2 rings (SSSR count). The Labute approximate surface area is 193 Å². The second-order valence-electron chi connectivity index (χ2n) is 10.1. The Kier molecular flexibility index (Phi) is 12.7. The van der Waals surface area contributed by atoms with Crippen LogP contribution in [0.1, 0.15) is 117 Å². The van der Waals surface area contributed by atoms with E-state index in [-0.39, 0.29) is 0 Å². The number of benzene rings is 2. The Hall–Kier alpha value is -1.56. The van der Waals surface area contributed by atoms with Gasteiger partial charge in [0.25, 0.3) is 0 Å². The lowest BCUT2D eigenvalue weighted by atomic mass is 10.0. The van der Waals surface area contributed by atoms with Crippen LogP contribution in [0.15, 0.2) is 36.4 Å². The smallest absolute Gasteiger partial charge is 0.0279 e. The number of unbranched alkanes of at least 4 members (excludes halogenated alkanes) is 12. The van der Waals surface area contributed by atoms with Gasteiger partial charge in [-0.25, -0.2) is 0 Å². The van der Waals surface area contributed by atoms with Gasteiger partial charge in [-0.15, -0.1) is 0 Å². The van der Waals surface area contributed by atoms with E-state index in [9.17, 15) is 0 Å². The molecule has 0 unspecified atom stereocenters. The van der Waals surface area contributed by atoms with Crippen molar-refractivity contribution in [2.45, 2.75) is 124 Å². The molecule has 0 aliphatic heterocycles. The maximum absolute atomic E-state index is 2.36. The third kappa shape index (κ3) is 12.2. The van der Waals surface area contributed by atoms with E-state index in [1.165, 1.54) is 130 Å². The fraction of sp³-hybridized carbons (Fsp3) is 0.613. The van der Waals surface area contributed by atoms with Gasteiger partial charge in [0, 0.05) is 0 Å². The second kappa shape index (κ2) is 15.3. The first kappa shape index (κ1) is 25.7. The van der Waals surface area contributed by atoms with E-state index in [1.807, 2.05) is 0 Å². The molecular formula is C31H48. The molecule has 0 saturated heterocycles. The summed E-state index contributed by atoms with van der Waals surface area (Å²) in [7, 11) is 0. The largest absolute Gasteiger partial charge is 0.0564 e. The van der Waals surface area contributed by atoms with Crippen molar-refractivity contribution < 1.29 is 0 Å². The van der Waals surface area contributed by atoms with Crippen molar-refractivity contribution in [1.29, 1.82) is 0 Å². The molecule has 0 amide bonds. The lowest BCUT2D eigenvalue weighted by Gasteiger charge is -2.06. The fourth-order valence-corrected chi connectivity index (χ4v) is 5.03. The van der Waals surface area contributed by atoms with Crippen LogP contribution in [0.3, 0.4) is 0 Å². The third-order valence-corrected chi connectivity index (χ3v) is 6.49. The summed E-state index contributed by atoms with van der Waals surface area (Å²) in [6.45, 7) is 8.85. The highest BCUT2D eigenvalue weighted by Gasteiger charge is 1.99. The first-order chi connectivity index (χ1) is 15.0. The Morgan fingerprint density at radius 1 is 0.323 bits per heavy atom. The van der Waals surface area contributed by atoms with E-state index in [0.29, 0.717) is 0 Å². The molecule has 172 valence electrons. The van der Waals surface area contributed by atoms with Crippen molar-refractivity contribution in [2.24, 2.45) is 0 Å². The molecule has 0 aliphatic rings. The summed E-state index contributed by atoms with van der Waals surface area (Å²) in [5, 5.41) is 0. The van der Waals surface area contributed by atoms with Crippen LogP contribution < -0.4 is 0 Å². The van der Waals surface area contributed by atoms with Crippen LogP contribution in [0.25, 0.3) is 0 Å². The van der Waals surface area contributed by atoms with Crippen LogP contribution in [0.2, 0.25) is 0 Å². The molecule has 2 aromatic rings. The Morgan fingerprint density at radius 2 is 0.548 bits per heavy atom. The van der Waals surface area contributed by atoms with E-state index in [0.717, 1.165) is 0 Å². The van der Waals surface area contributed by atoms with E-state index >= 15 is 0 Å². The van der Waals surface area contributed by atoms with Crippen LogP contribution in [-0.2, 0) is 12.8 Å². The normalized spacial score (nSPS) is 11.2. The van der Waals surface area contributed by atoms with E-state index < -0.39 is 0 Å². The lowest BCUT2D eigenvalue weighted by Crippen LogP contribution is -1.89.